The van der Waals surface area contributed by atoms with E-state index in [0.717, 1.165) is 68.2 Å². The second-order valence-electron chi connectivity index (χ2n) is 9.29. The molecule has 3 aliphatic rings. The molecular weight excluding hydrogens is 404 g/mol. The van der Waals surface area contributed by atoms with Crippen LogP contribution < -0.4 is 20.1 Å². The largest absolute Gasteiger partial charge is 0.493 e. The van der Waals surface area contributed by atoms with Crippen LogP contribution in [0.1, 0.15) is 63.4 Å². The normalized spacial score (nSPS) is 22.4. The van der Waals surface area contributed by atoms with E-state index in [4.69, 9.17) is 9.47 Å². The third kappa shape index (κ3) is 5.48. The number of aliphatic imine (C=N–C) groups is 1. The van der Waals surface area contributed by atoms with E-state index in [-0.39, 0.29) is 18.1 Å². The van der Waals surface area contributed by atoms with Gasteiger partial charge in [-0.25, -0.2) is 0 Å². The number of hydrogen-bond donors (Lipinski definition) is 2. The summed E-state index contributed by atoms with van der Waals surface area (Å²) in [5.41, 5.74) is 1.06. The lowest BCUT2D eigenvalue weighted by molar-refractivity contribution is -0.134. The zero-order valence-corrected chi connectivity index (χ0v) is 19.6. The van der Waals surface area contributed by atoms with Crippen LogP contribution in [0.4, 0.5) is 0 Å². The van der Waals surface area contributed by atoms with E-state index in [1.165, 1.54) is 25.7 Å². The Bertz CT molecular complexity index is 800. The predicted octanol–water partition coefficient (Wildman–Crippen LogP) is 3.47. The average molecular weight is 443 g/mol. The first-order chi connectivity index (χ1) is 15.7. The number of amides is 1. The summed E-state index contributed by atoms with van der Waals surface area (Å²) in [5.74, 6) is 2.95. The number of para-hydroxylation sites is 1. The van der Waals surface area contributed by atoms with Gasteiger partial charge in [-0.15, -0.1) is 0 Å². The van der Waals surface area contributed by atoms with Crippen LogP contribution in [0.5, 0.6) is 11.5 Å². The van der Waals surface area contributed by atoms with E-state index in [1.54, 1.807) is 14.2 Å². The molecule has 0 radical (unpaired) electrons. The van der Waals surface area contributed by atoms with Gasteiger partial charge in [-0.2, -0.15) is 0 Å². The van der Waals surface area contributed by atoms with Crippen LogP contribution in [-0.4, -0.2) is 56.2 Å². The molecule has 0 bridgehead atoms. The molecule has 3 fully saturated rings. The van der Waals surface area contributed by atoms with Crippen molar-refractivity contribution < 1.29 is 14.3 Å². The highest BCUT2D eigenvalue weighted by Gasteiger charge is 2.32. The highest BCUT2D eigenvalue weighted by molar-refractivity contribution is 5.81. The first-order valence-corrected chi connectivity index (χ1v) is 12.3. The van der Waals surface area contributed by atoms with Crippen molar-refractivity contribution in [3.63, 3.8) is 0 Å². The Kier molecular flexibility index (Phi) is 7.76. The lowest BCUT2D eigenvalue weighted by Crippen LogP contribution is -2.45. The molecule has 7 nitrogen and oxygen atoms in total. The minimum absolute atomic E-state index is 0.228. The zero-order chi connectivity index (χ0) is 22.3. The van der Waals surface area contributed by atoms with E-state index >= 15 is 0 Å². The summed E-state index contributed by atoms with van der Waals surface area (Å²) in [7, 11) is 3.47. The van der Waals surface area contributed by atoms with Crippen LogP contribution >= 0.6 is 0 Å². The standard InChI is InChI=1S/C25H38N4O3/c1-26-25(28-20-14-15-29(17-20)24(30)18-8-3-4-9-18)27-16-19-10-7-13-22(31-2)23(19)32-21-11-5-6-12-21/h7,10,13,18,20-21H,3-6,8-9,11-12,14-17H2,1-2H3,(H2,26,27,28). The van der Waals surface area contributed by atoms with Gasteiger partial charge in [0, 0.05) is 44.2 Å². The fourth-order valence-corrected chi connectivity index (χ4v) is 5.24. The number of nitrogens with zero attached hydrogens (tertiary/aromatic N) is 2. The summed E-state index contributed by atoms with van der Waals surface area (Å²) in [6.45, 7) is 2.18. The van der Waals surface area contributed by atoms with Crippen molar-refractivity contribution >= 4 is 11.9 Å². The Morgan fingerprint density at radius 1 is 1.12 bits per heavy atom. The van der Waals surface area contributed by atoms with E-state index in [2.05, 4.69) is 21.7 Å². The topological polar surface area (TPSA) is 75.2 Å². The maximum atomic E-state index is 12.7. The maximum absolute atomic E-state index is 12.7. The molecule has 176 valence electrons. The van der Waals surface area contributed by atoms with Crippen LogP contribution in [0.15, 0.2) is 23.2 Å². The van der Waals surface area contributed by atoms with E-state index in [1.807, 2.05) is 17.0 Å². The first-order valence-electron chi connectivity index (χ1n) is 12.3. The number of benzene rings is 1. The quantitative estimate of drug-likeness (QED) is 0.500. The van der Waals surface area contributed by atoms with Crippen molar-refractivity contribution in [2.24, 2.45) is 10.9 Å². The van der Waals surface area contributed by atoms with Gasteiger partial charge in [0.15, 0.2) is 17.5 Å². The van der Waals surface area contributed by atoms with Gasteiger partial charge in [0.25, 0.3) is 0 Å². The number of methoxy groups -OCH3 is 1. The maximum Gasteiger partial charge on any atom is 0.225 e. The lowest BCUT2D eigenvalue weighted by atomic mass is 10.1. The molecule has 32 heavy (non-hydrogen) atoms. The zero-order valence-electron chi connectivity index (χ0n) is 19.6. The number of rotatable bonds is 7. The van der Waals surface area contributed by atoms with Crippen molar-refractivity contribution in [3.8, 4) is 11.5 Å². The van der Waals surface area contributed by atoms with Gasteiger partial charge in [0.2, 0.25) is 5.91 Å². The number of likely N-dealkylation sites (tertiary alicyclic amines) is 1. The molecule has 1 aromatic rings. The van der Waals surface area contributed by atoms with Gasteiger partial charge < -0.3 is 25.0 Å². The predicted molar refractivity (Wildman–Crippen MR) is 126 cm³/mol. The Labute approximate surface area is 191 Å². The fraction of sp³-hybridized carbons (Fsp3) is 0.680. The van der Waals surface area contributed by atoms with Crippen LogP contribution in [0.25, 0.3) is 0 Å². The first kappa shape index (κ1) is 22.7. The summed E-state index contributed by atoms with van der Waals surface area (Å²) in [4.78, 5) is 19.2. The molecule has 1 amide bonds. The summed E-state index contributed by atoms with van der Waals surface area (Å²) >= 11 is 0. The Morgan fingerprint density at radius 3 is 2.59 bits per heavy atom. The van der Waals surface area contributed by atoms with E-state index in [9.17, 15) is 4.79 Å². The monoisotopic (exact) mass is 442 g/mol. The summed E-state index contributed by atoms with van der Waals surface area (Å²) in [5, 5.41) is 6.93. The second-order valence-corrected chi connectivity index (χ2v) is 9.29. The van der Waals surface area contributed by atoms with Crippen LogP contribution in [0.3, 0.4) is 0 Å². The van der Waals surface area contributed by atoms with Crippen molar-refractivity contribution in [2.45, 2.75) is 76.5 Å². The van der Waals surface area contributed by atoms with Crippen LogP contribution in [0.2, 0.25) is 0 Å². The molecule has 2 N–H and O–H groups in total. The molecule has 1 aromatic carbocycles. The third-order valence-corrected chi connectivity index (χ3v) is 7.08. The molecule has 7 heteroatoms. The average Bonchev–Trinajstić information content (AvgIpc) is 3.60. The lowest BCUT2D eigenvalue weighted by Gasteiger charge is -2.22. The van der Waals surface area contributed by atoms with Crippen LogP contribution in [0, 0.1) is 5.92 Å². The van der Waals surface area contributed by atoms with Gasteiger partial charge in [-0.3, -0.25) is 9.79 Å². The molecule has 1 aliphatic heterocycles. The fourth-order valence-electron chi connectivity index (χ4n) is 5.24. The molecule has 2 saturated carbocycles. The SMILES string of the molecule is CN=C(NCc1cccc(OC)c1OC1CCCC1)NC1CCN(C(=O)C2CCCC2)C1. The molecule has 1 unspecified atom stereocenters. The van der Waals surface area contributed by atoms with Crippen molar-refractivity contribution in [1.82, 2.24) is 15.5 Å². The van der Waals surface area contributed by atoms with Crippen molar-refractivity contribution in [1.29, 1.82) is 0 Å². The molecule has 1 heterocycles. The summed E-state index contributed by atoms with van der Waals surface area (Å²) in [6, 6.07) is 6.25. The van der Waals surface area contributed by atoms with Gasteiger partial charge in [-0.1, -0.05) is 25.0 Å². The minimum atomic E-state index is 0.228. The molecule has 0 aromatic heterocycles. The molecule has 0 spiro atoms. The Balaban J connectivity index is 1.32. The minimum Gasteiger partial charge on any atom is -0.493 e. The number of ether oxygens (including phenoxy) is 2. The molecule has 2 aliphatic carbocycles. The Hall–Kier alpha value is -2.44. The number of carbonyl (C=O) groups excluding carboxylic acids is 1. The number of guanidine groups is 1. The molecule has 1 saturated heterocycles. The van der Waals surface area contributed by atoms with Gasteiger partial charge in [0.05, 0.1) is 13.2 Å². The van der Waals surface area contributed by atoms with Crippen LogP contribution in [-0.2, 0) is 11.3 Å². The molecule has 4 rings (SSSR count). The third-order valence-electron chi connectivity index (χ3n) is 7.08. The van der Waals surface area contributed by atoms with Crippen molar-refractivity contribution in [2.75, 3.05) is 27.2 Å². The number of nitrogens with one attached hydrogen (secondary N) is 2. The highest BCUT2D eigenvalue weighted by Crippen LogP contribution is 2.35. The van der Waals surface area contributed by atoms with Gasteiger partial charge >= 0.3 is 0 Å². The number of carbonyl (C=O) groups is 1. The molecular formula is C25H38N4O3. The van der Waals surface area contributed by atoms with Crippen molar-refractivity contribution in [3.05, 3.63) is 23.8 Å². The van der Waals surface area contributed by atoms with Gasteiger partial charge in [0.1, 0.15) is 0 Å². The Morgan fingerprint density at radius 2 is 1.88 bits per heavy atom. The van der Waals surface area contributed by atoms with E-state index < -0.39 is 0 Å². The summed E-state index contributed by atoms with van der Waals surface area (Å²) < 4.78 is 11.9. The number of hydrogen-bond acceptors (Lipinski definition) is 4. The summed E-state index contributed by atoms with van der Waals surface area (Å²) in [6.07, 6.45) is 10.4. The molecule has 1 atom stereocenters. The van der Waals surface area contributed by atoms with E-state index in [0.29, 0.717) is 12.5 Å². The van der Waals surface area contributed by atoms with Gasteiger partial charge in [-0.05, 0) is 51.0 Å². The highest BCUT2D eigenvalue weighted by atomic mass is 16.5. The second kappa shape index (κ2) is 10.9. The smallest absolute Gasteiger partial charge is 0.225 e.